The van der Waals surface area contributed by atoms with Crippen molar-refractivity contribution in [1.82, 2.24) is 19.8 Å². The molecule has 0 aliphatic heterocycles. The number of carbonyl (C=O) groups is 2. The number of amides is 2. The van der Waals surface area contributed by atoms with Gasteiger partial charge in [-0.1, -0.05) is 45.9 Å². The molecule has 36 heavy (non-hydrogen) atoms. The highest BCUT2D eigenvalue weighted by Gasteiger charge is 2.22. The Morgan fingerprint density at radius 3 is 2.14 bits per heavy atom. The number of nitrogens with zero attached hydrogens (tertiary/aromatic N) is 4. The number of aromatic nitrogens is 3. The lowest BCUT2D eigenvalue weighted by molar-refractivity contribution is -0.117. The van der Waals surface area contributed by atoms with E-state index in [9.17, 15) is 14.4 Å². The first-order valence-corrected chi connectivity index (χ1v) is 12.4. The summed E-state index contributed by atoms with van der Waals surface area (Å²) in [6, 6.07) is 5.37. The maximum atomic E-state index is 12.0. The fourth-order valence-electron chi connectivity index (χ4n) is 3.24. The fraction of sp³-hybridized carbons (Fsp3) is 0.600. The van der Waals surface area contributed by atoms with Crippen LogP contribution in [0.25, 0.3) is 0 Å². The highest BCUT2D eigenvalue weighted by molar-refractivity contribution is 6.29. The molecule has 2 rings (SSSR count). The van der Waals surface area contributed by atoms with Crippen LogP contribution in [-0.2, 0) is 9.53 Å². The van der Waals surface area contributed by atoms with Gasteiger partial charge in [0.15, 0.2) is 5.82 Å². The van der Waals surface area contributed by atoms with Crippen LogP contribution in [0, 0.1) is 19.8 Å². The van der Waals surface area contributed by atoms with Crippen LogP contribution < -0.4 is 21.7 Å². The predicted octanol–water partition coefficient (Wildman–Crippen LogP) is 3.74. The number of nitrogens with one attached hydrogen (secondary N) is 1. The lowest BCUT2D eigenvalue weighted by Gasteiger charge is -2.25. The second-order valence-corrected chi connectivity index (χ2v) is 10.6. The normalized spacial score (nSPS) is 11.3. The standard InChI is InChI=1S/C15H22ClNO2.C10H19N5O2/c1-11(2)9-19-10-17(14(18)8-16)15-12(3)6-5-7-13(15)4;1-6(2)7-13-15(9(17)14(7)11)8(16)12-10(3,4)5/h5-7,11H,8-10H2,1-4H3;6H,11H2,1-5H3,(H,12,16). The summed E-state index contributed by atoms with van der Waals surface area (Å²) in [6.07, 6.45) is 0. The molecule has 0 saturated heterocycles. The Morgan fingerprint density at radius 2 is 1.72 bits per heavy atom. The Hall–Kier alpha value is -2.85. The van der Waals surface area contributed by atoms with Gasteiger partial charge in [-0.05, 0) is 51.7 Å². The van der Waals surface area contributed by atoms with Crippen LogP contribution in [0.15, 0.2) is 23.0 Å². The zero-order chi connectivity index (χ0) is 27.8. The largest absolute Gasteiger partial charge is 0.373 e. The number of rotatable bonds is 7. The van der Waals surface area contributed by atoms with Crippen molar-refractivity contribution in [3.63, 3.8) is 0 Å². The number of nitrogen functional groups attached to an aromatic ring is 1. The zero-order valence-electron chi connectivity index (χ0n) is 22.9. The third kappa shape index (κ3) is 8.98. The number of carbonyl (C=O) groups excluding carboxylic acids is 2. The van der Waals surface area contributed by atoms with Crippen molar-refractivity contribution >= 4 is 29.2 Å². The average Bonchev–Trinajstić information content (AvgIpc) is 3.06. The van der Waals surface area contributed by atoms with Crippen LogP contribution in [-0.4, -0.2) is 51.2 Å². The van der Waals surface area contributed by atoms with Gasteiger partial charge in [0.1, 0.15) is 12.6 Å². The van der Waals surface area contributed by atoms with Gasteiger partial charge in [0.25, 0.3) is 0 Å². The second-order valence-electron chi connectivity index (χ2n) is 10.3. The van der Waals surface area contributed by atoms with E-state index >= 15 is 0 Å². The molecule has 0 radical (unpaired) electrons. The van der Waals surface area contributed by atoms with Gasteiger partial charge in [-0.3, -0.25) is 9.69 Å². The maximum Gasteiger partial charge on any atom is 0.373 e. The molecule has 0 fully saturated rings. The van der Waals surface area contributed by atoms with Crippen molar-refractivity contribution in [2.45, 2.75) is 73.8 Å². The summed E-state index contributed by atoms with van der Waals surface area (Å²) in [5.74, 6) is 6.15. The van der Waals surface area contributed by atoms with E-state index in [0.717, 1.165) is 26.2 Å². The molecule has 0 unspecified atom stereocenters. The lowest BCUT2D eigenvalue weighted by atomic mass is 10.1. The van der Waals surface area contributed by atoms with Gasteiger partial charge in [0.05, 0.1) is 12.3 Å². The Morgan fingerprint density at radius 1 is 1.17 bits per heavy atom. The quantitative estimate of drug-likeness (QED) is 0.323. The first-order chi connectivity index (χ1) is 16.6. The number of aryl methyl sites for hydroxylation is 2. The van der Waals surface area contributed by atoms with Gasteiger partial charge < -0.3 is 15.9 Å². The van der Waals surface area contributed by atoms with E-state index in [-0.39, 0.29) is 24.4 Å². The van der Waals surface area contributed by atoms with Crippen molar-refractivity contribution < 1.29 is 14.3 Å². The van der Waals surface area contributed by atoms with Crippen molar-refractivity contribution in [3.8, 4) is 0 Å². The number of alkyl halides is 1. The van der Waals surface area contributed by atoms with Gasteiger partial charge in [0, 0.05) is 11.5 Å². The number of anilines is 1. The number of halogens is 1. The lowest BCUT2D eigenvalue weighted by Crippen LogP contribution is -2.47. The Bertz CT molecular complexity index is 1060. The summed E-state index contributed by atoms with van der Waals surface area (Å²) in [6.45, 7) is 18.1. The number of nitrogens with two attached hydrogens (primary N) is 1. The summed E-state index contributed by atoms with van der Waals surface area (Å²) in [7, 11) is 0. The zero-order valence-corrected chi connectivity index (χ0v) is 23.6. The third-order valence-electron chi connectivity index (χ3n) is 4.82. The van der Waals surface area contributed by atoms with Crippen LogP contribution in [0.4, 0.5) is 10.5 Å². The molecule has 2 amide bonds. The molecule has 0 atom stereocenters. The summed E-state index contributed by atoms with van der Waals surface area (Å²) in [4.78, 5) is 37.1. The SMILES string of the molecule is CC(C)c1nn(C(=O)NC(C)(C)C)c(=O)n1N.Cc1cccc(C)c1N(COCC(C)C)C(=O)CCl. The molecule has 2 aromatic rings. The highest BCUT2D eigenvalue weighted by atomic mass is 35.5. The Kier molecular flexibility index (Phi) is 11.7. The van der Waals surface area contributed by atoms with Gasteiger partial charge >= 0.3 is 11.7 Å². The number of benzene rings is 1. The summed E-state index contributed by atoms with van der Waals surface area (Å²) < 4.78 is 7.24. The molecular weight excluding hydrogens is 484 g/mol. The van der Waals surface area contributed by atoms with Crippen LogP contribution >= 0.6 is 11.6 Å². The Balaban J connectivity index is 0.000000362. The van der Waals surface area contributed by atoms with Crippen molar-refractivity contribution in [2.24, 2.45) is 5.92 Å². The number of hydrogen-bond acceptors (Lipinski definition) is 6. The molecule has 0 bridgehead atoms. The smallest absolute Gasteiger partial charge is 0.360 e. The van der Waals surface area contributed by atoms with E-state index < -0.39 is 17.3 Å². The first-order valence-electron chi connectivity index (χ1n) is 11.9. The molecule has 3 N–H and O–H groups in total. The molecule has 1 heterocycles. The molecule has 202 valence electrons. The Labute approximate surface area is 218 Å². The molecule has 11 heteroatoms. The highest BCUT2D eigenvalue weighted by Crippen LogP contribution is 2.25. The fourth-order valence-corrected chi connectivity index (χ4v) is 3.38. The third-order valence-corrected chi connectivity index (χ3v) is 5.05. The van der Waals surface area contributed by atoms with Crippen LogP contribution in [0.1, 0.15) is 71.3 Å². The van der Waals surface area contributed by atoms with Crippen molar-refractivity contribution in [2.75, 3.05) is 30.0 Å². The summed E-state index contributed by atoms with van der Waals surface area (Å²) in [5.41, 5.74) is 1.91. The monoisotopic (exact) mass is 524 g/mol. The van der Waals surface area contributed by atoms with Crippen LogP contribution in [0.5, 0.6) is 0 Å². The minimum atomic E-state index is -0.643. The molecule has 0 spiro atoms. The summed E-state index contributed by atoms with van der Waals surface area (Å²) >= 11 is 5.70. The van der Waals surface area contributed by atoms with E-state index in [2.05, 4.69) is 24.3 Å². The van der Waals surface area contributed by atoms with Crippen molar-refractivity contribution in [1.29, 1.82) is 0 Å². The minimum Gasteiger partial charge on any atom is -0.360 e. The average molecular weight is 525 g/mol. The second kappa shape index (κ2) is 13.5. The van der Waals surface area contributed by atoms with Crippen LogP contribution in [0.2, 0.25) is 0 Å². The van der Waals surface area contributed by atoms with Gasteiger partial charge in [-0.2, -0.15) is 4.68 Å². The molecule has 0 saturated carbocycles. The van der Waals surface area contributed by atoms with Gasteiger partial charge in [0.2, 0.25) is 5.91 Å². The van der Waals surface area contributed by atoms with E-state index in [4.69, 9.17) is 22.2 Å². The van der Waals surface area contributed by atoms with Crippen LogP contribution in [0.3, 0.4) is 0 Å². The molecule has 10 nitrogen and oxygen atoms in total. The number of hydrogen-bond donors (Lipinski definition) is 2. The molecule has 0 aliphatic carbocycles. The van der Waals surface area contributed by atoms with Gasteiger partial charge in [-0.25, -0.2) is 9.59 Å². The maximum absolute atomic E-state index is 12.0. The van der Waals surface area contributed by atoms with E-state index in [1.165, 1.54) is 0 Å². The van der Waals surface area contributed by atoms with Crippen molar-refractivity contribution in [3.05, 3.63) is 45.6 Å². The minimum absolute atomic E-state index is 0.0311. The predicted molar refractivity (Wildman–Crippen MR) is 144 cm³/mol. The number of ether oxygens (including phenoxy) is 1. The van der Waals surface area contributed by atoms with Gasteiger partial charge in [-0.15, -0.1) is 21.4 Å². The van der Waals surface area contributed by atoms with E-state index in [1.54, 1.807) is 4.90 Å². The topological polar surface area (TPSA) is 124 Å². The molecule has 0 aliphatic rings. The first kappa shape index (κ1) is 31.2. The van der Waals surface area contributed by atoms with E-state index in [1.807, 2.05) is 66.7 Å². The molecule has 1 aromatic carbocycles. The van der Waals surface area contributed by atoms with E-state index in [0.29, 0.717) is 18.3 Å². The molecule has 1 aromatic heterocycles. The summed E-state index contributed by atoms with van der Waals surface area (Å²) in [5, 5.41) is 6.57. The molecular formula is C25H41ClN6O4. The number of para-hydroxylation sites is 1.